The quantitative estimate of drug-likeness (QED) is 0.551. The third kappa shape index (κ3) is 3.01. The van der Waals surface area contributed by atoms with E-state index in [1.54, 1.807) is 23.1 Å². The molecule has 1 unspecified atom stereocenters. The van der Waals surface area contributed by atoms with Gasteiger partial charge in [-0.25, -0.2) is 4.90 Å². The van der Waals surface area contributed by atoms with Crippen molar-refractivity contribution in [2.75, 3.05) is 11.4 Å². The fourth-order valence-corrected chi connectivity index (χ4v) is 6.99. The fourth-order valence-electron chi connectivity index (χ4n) is 6.99. The summed E-state index contributed by atoms with van der Waals surface area (Å²) in [5, 5.41) is 0. The number of hydrogen-bond donors (Lipinski definition) is 0. The van der Waals surface area contributed by atoms with Crippen LogP contribution in [0.2, 0.25) is 0 Å². The van der Waals surface area contributed by atoms with E-state index in [0.29, 0.717) is 30.0 Å². The maximum absolute atomic E-state index is 13.9. The molecule has 5 fully saturated rings. The molecule has 158 valence electrons. The molecule has 0 spiro atoms. The molecule has 0 N–H and O–H groups in total. The van der Waals surface area contributed by atoms with Gasteiger partial charge in [0.1, 0.15) is 6.04 Å². The molecular formula is C25H30N2O3. The summed E-state index contributed by atoms with van der Waals surface area (Å²) in [4.78, 5) is 43.0. The lowest BCUT2D eigenvalue weighted by molar-refractivity contribution is -0.160. The largest absolute Gasteiger partial charge is 0.326 e. The molecule has 1 saturated heterocycles. The number of nitrogens with zero attached hydrogens (tertiary/aromatic N) is 2. The van der Waals surface area contributed by atoms with Crippen LogP contribution in [-0.4, -0.2) is 35.2 Å². The first kappa shape index (κ1) is 19.5. The molecule has 1 heterocycles. The standard InChI is InChI=1S/C25H30N2O3/c1-3-8-26(24(30)25-13-17-9-18(14-25)11-19(10-17)15-25)21-12-22(28)27(23(21)29)20-6-4-16(2)5-7-20/h3-7,17-19,21H,1,8-15H2,2H3. The van der Waals surface area contributed by atoms with E-state index >= 15 is 0 Å². The molecule has 5 aliphatic rings. The zero-order valence-corrected chi connectivity index (χ0v) is 17.7. The van der Waals surface area contributed by atoms with Gasteiger partial charge in [-0.05, 0) is 75.3 Å². The fraction of sp³-hybridized carbons (Fsp3) is 0.560. The molecule has 1 aromatic rings. The summed E-state index contributed by atoms with van der Waals surface area (Å²) in [5.41, 5.74) is 1.32. The van der Waals surface area contributed by atoms with E-state index in [2.05, 4.69) is 6.58 Å². The van der Waals surface area contributed by atoms with Gasteiger partial charge in [0.05, 0.1) is 17.5 Å². The lowest BCUT2D eigenvalue weighted by Crippen LogP contribution is -2.57. The molecule has 4 saturated carbocycles. The third-order valence-electron chi connectivity index (χ3n) is 7.87. The van der Waals surface area contributed by atoms with Gasteiger partial charge in [-0.2, -0.15) is 0 Å². The van der Waals surface area contributed by atoms with Crippen LogP contribution in [0.25, 0.3) is 0 Å². The van der Waals surface area contributed by atoms with Crippen molar-refractivity contribution in [1.29, 1.82) is 0 Å². The number of carbonyl (C=O) groups excluding carboxylic acids is 3. The lowest BCUT2D eigenvalue weighted by Gasteiger charge is -2.56. The normalized spacial score (nSPS) is 34.5. The SMILES string of the molecule is C=CCN(C(=O)C12CC3CC(CC(C3)C1)C2)C1CC(=O)N(c2ccc(C)cc2)C1=O. The maximum atomic E-state index is 13.9. The van der Waals surface area contributed by atoms with Gasteiger partial charge in [-0.3, -0.25) is 14.4 Å². The predicted molar refractivity (Wildman–Crippen MR) is 115 cm³/mol. The molecule has 1 aromatic carbocycles. The van der Waals surface area contributed by atoms with Crippen molar-refractivity contribution in [1.82, 2.24) is 4.90 Å². The molecule has 5 nitrogen and oxygen atoms in total. The Morgan fingerprint density at radius 3 is 2.20 bits per heavy atom. The third-order valence-corrected chi connectivity index (χ3v) is 7.87. The van der Waals surface area contributed by atoms with Crippen LogP contribution in [0, 0.1) is 30.1 Å². The summed E-state index contributed by atoms with van der Waals surface area (Å²) in [6.07, 6.45) is 8.36. The van der Waals surface area contributed by atoms with E-state index in [0.717, 1.165) is 24.8 Å². The monoisotopic (exact) mass is 406 g/mol. The van der Waals surface area contributed by atoms with Crippen molar-refractivity contribution in [2.45, 2.75) is 57.9 Å². The first-order valence-corrected chi connectivity index (χ1v) is 11.3. The number of carbonyl (C=O) groups is 3. The average molecular weight is 407 g/mol. The van der Waals surface area contributed by atoms with Crippen LogP contribution in [0.5, 0.6) is 0 Å². The number of rotatable bonds is 5. The highest BCUT2D eigenvalue weighted by Crippen LogP contribution is 2.60. The Kier molecular flexibility index (Phi) is 4.60. The van der Waals surface area contributed by atoms with Crippen molar-refractivity contribution in [3.63, 3.8) is 0 Å². The lowest BCUT2D eigenvalue weighted by atomic mass is 9.49. The van der Waals surface area contributed by atoms with Crippen molar-refractivity contribution >= 4 is 23.4 Å². The summed E-state index contributed by atoms with van der Waals surface area (Å²) in [6.45, 7) is 6.11. The second-order valence-electron chi connectivity index (χ2n) is 10.1. The first-order chi connectivity index (χ1) is 14.4. The topological polar surface area (TPSA) is 57.7 Å². The molecule has 3 amide bonds. The van der Waals surface area contributed by atoms with Gasteiger partial charge < -0.3 is 4.90 Å². The van der Waals surface area contributed by atoms with Crippen LogP contribution in [0.3, 0.4) is 0 Å². The van der Waals surface area contributed by atoms with Crippen LogP contribution < -0.4 is 4.90 Å². The molecular weight excluding hydrogens is 376 g/mol. The number of benzene rings is 1. The zero-order chi connectivity index (χ0) is 21.0. The highest BCUT2D eigenvalue weighted by Gasteiger charge is 2.57. The van der Waals surface area contributed by atoms with Gasteiger partial charge in [0, 0.05) is 6.54 Å². The number of hydrogen-bond acceptors (Lipinski definition) is 3. The maximum Gasteiger partial charge on any atom is 0.257 e. The van der Waals surface area contributed by atoms with Crippen LogP contribution in [0.4, 0.5) is 5.69 Å². The van der Waals surface area contributed by atoms with Crippen LogP contribution >= 0.6 is 0 Å². The van der Waals surface area contributed by atoms with Gasteiger partial charge in [0.25, 0.3) is 5.91 Å². The summed E-state index contributed by atoms with van der Waals surface area (Å²) in [6, 6.07) is 6.66. The molecule has 4 aliphatic carbocycles. The van der Waals surface area contributed by atoms with E-state index in [1.165, 1.54) is 24.2 Å². The minimum Gasteiger partial charge on any atom is -0.326 e. The second-order valence-corrected chi connectivity index (χ2v) is 10.1. The van der Waals surface area contributed by atoms with E-state index in [9.17, 15) is 14.4 Å². The Hall–Kier alpha value is -2.43. The molecule has 1 atom stereocenters. The number of imide groups is 1. The molecule has 0 radical (unpaired) electrons. The smallest absolute Gasteiger partial charge is 0.257 e. The van der Waals surface area contributed by atoms with Crippen LogP contribution in [0.1, 0.15) is 50.5 Å². The summed E-state index contributed by atoms with van der Waals surface area (Å²) in [5.74, 6) is 1.51. The molecule has 5 heteroatoms. The van der Waals surface area contributed by atoms with Gasteiger partial charge >= 0.3 is 0 Å². The summed E-state index contributed by atoms with van der Waals surface area (Å²) < 4.78 is 0. The Morgan fingerprint density at radius 2 is 1.67 bits per heavy atom. The van der Waals surface area contributed by atoms with Crippen molar-refractivity contribution < 1.29 is 14.4 Å². The average Bonchev–Trinajstić information content (AvgIpc) is 2.99. The van der Waals surface area contributed by atoms with Gasteiger partial charge in [-0.1, -0.05) is 23.8 Å². The van der Waals surface area contributed by atoms with E-state index < -0.39 is 6.04 Å². The Bertz CT molecular complexity index is 868. The minimum absolute atomic E-state index is 0.0542. The van der Waals surface area contributed by atoms with Crippen molar-refractivity contribution in [3.05, 3.63) is 42.5 Å². The highest BCUT2D eigenvalue weighted by molar-refractivity contribution is 6.23. The zero-order valence-electron chi connectivity index (χ0n) is 17.7. The first-order valence-electron chi connectivity index (χ1n) is 11.3. The Labute approximate surface area is 178 Å². The minimum atomic E-state index is -0.725. The molecule has 6 rings (SSSR count). The molecule has 4 bridgehead atoms. The Morgan fingerprint density at radius 1 is 1.10 bits per heavy atom. The number of amides is 3. The van der Waals surface area contributed by atoms with E-state index in [1.807, 2.05) is 19.1 Å². The molecule has 1 aliphatic heterocycles. The molecule has 0 aromatic heterocycles. The predicted octanol–water partition coefficient (Wildman–Crippen LogP) is 3.86. The van der Waals surface area contributed by atoms with E-state index in [4.69, 9.17) is 0 Å². The van der Waals surface area contributed by atoms with Gasteiger partial charge in [0.15, 0.2) is 0 Å². The molecule has 30 heavy (non-hydrogen) atoms. The van der Waals surface area contributed by atoms with Crippen LogP contribution in [0.15, 0.2) is 36.9 Å². The second kappa shape index (κ2) is 7.07. The summed E-state index contributed by atoms with van der Waals surface area (Å²) >= 11 is 0. The van der Waals surface area contributed by atoms with Gasteiger partial charge in [-0.15, -0.1) is 6.58 Å². The van der Waals surface area contributed by atoms with Gasteiger partial charge in [0.2, 0.25) is 11.8 Å². The van der Waals surface area contributed by atoms with Crippen molar-refractivity contribution in [2.24, 2.45) is 23.2 Å². The van der Waals surface area contributed by atoms with Crippen LogP contribution in [-0.2, 0) is 14.4 Å². The number of aryl methyl sites for hydroxylation is 1. The van der Waals surface area contributed by atoms with E-state index in [-0.39, 0.29) is 29.6 Å². The summed E-state index contributed by atoms with van der Waals surface area (Å²) in [7, 11) is 0. The number of anilines is 1. The Balaban J connectivity index is 1.43. The highest BCUT2D eigenvalue weighted by atomic mass is 16.2. The van der Waals surface area contributed by atoms with Crippen molar-refractivity contribution in [3.8, 4) is 0 Å².